The number of nitrogens with zero attached hydrogens (tertiary/aromatic N) is 2. The number of benzene rings is 1. The maximum Gasteiger partial charge on any atom is 0.194 e. The predicted octanol–water partition coefficient (Wildman–Crippen LogP) is 2.82. The summed E-state index contributed by atoms with van der Waals surface area (Å²) in [5.74, 6) is 0.985. The van der Waals surface area contributed by atoms with Crippen LogP contribution in [0.2, 0.25) is 0 Å². The van der Waals surface area contributed by atoms with Gasteiger partial charge in [-0.25, -0.2) is 13.4 Å². The van der Waals surface area contributed by atoms with Crippen LogP contribution in [-0.2, 0) is 16.4 Å². The van der Waals surface area contributed by atoms with Gasteiger partial charge in [0.15, 0.2) is 15.8 Å². The number of hydrogen-bond donors (Lipinski definition) is 1. The first-order valence-corrected chi connectivity index (χ1v) is 11.1. The fourth-order valence-corrected chi connectivity index (χ4v) is 4.71. The van der Waals surface area contributed by atoms with Gasteiger partial charge < -0.3 is 10.2 Å². The zero-order valence-electron chi connectivity index (χ0n) is 15.3. The first-order valence-electron chi connectivity index (χ1n) is 9.24. The molecule has 1 saturated heterocycles. The summed E-state index contributed by atoms with van der Waals surface area (Å²) in [6, 6.07) is 7.03. The van der Waals surface area contributed by atoms with E-state index < -0.39 is 9.84 Å². The molecular formula is C19H29N3O2S. The van der Waals surface area contributed by atoms with E-state index in [0.29, 0.717) is 16.9 Å². The summed E-state index contributed by atoms with van der Waals surface area (Å²) in [7, 11) is -3.14. The Morgan fingerprint density at radius 1 is 1.20 bits per heavy atom. The van der Waals surface area contributed by atoms with Crippen LogP contribution in [0.3, 0.4) is 0 Å². The lowest BCUT2D eigenvalue weighted by molar-refractivity contribution is 0.309. The molecule has 0 aromatic heterocycles. The Hall–Kier alpha value is -1.56. The minimum absolute atomic E-state index is 0.356. The third-order valence-electron chi connectivity index (χ3n) is 5.50. The van der Waals surface area contributed by atoms with Crippen molar-refractivity contribution >= 4 is 15.8 Å². The van der Waals surface area contributed by atoms with Gasteiger partial charge in [-0.2, -0.15) is 0 Å². The molecule has 25 heavy (non-hydrogen) atoms. The van der Waals surface area contributed by atoms with Crippen LogP contribution in [0.4, 0.5) is 0 Å². The van der Waals surface area contributed by atoms with Gasteiger partial charge in [0.05, 0.1) is 11.4 Å². The minimum atomic E-state index is -3.14. The second-order valence-corrected chi connectivity index (χ2v) is 9.48. The SMILES string of the molecule is CCNC(=NCc1ccc(S(C)(=O)=O)cc1)N1CCC2(CCCC2)C1. The molecular weight excluding hydrogens is 334 g/mol. The Labute approximate surface area is 151 Å². The maximum atomic E-state index is 11.5. The molecule has 2 aliphatic rings. The second kappa shape index (κ2) is 7.36. The molecule has 5 nitrogen and oxygen atoms in total. The van der Waals surface area contributed by atoms with Crippen LogP contribution in [0.25, 0.3) is 0 Å². The van der Waals surface area contributed by atoms with Crippen LogP contribution in [0.1, 0.15) is 44.6 Å². The first-order chi connectivity index (χ1) is 11.9. The molecule has 1 aromatic rings. The fourth-order valence-electron chi connectivity index (χ4n) is 4.08. The summed E-state index contributed by atoms with van der Waals surface area (Å²) in [4.78, 5) is 7.55. The first kappa shape index (κ1) is 18.2. The quantitative estimate of drug-likeness (QED) is 0.660. The molecule has 0 radical (unpaired) electrons. The van der Waals surface area contributed by atoms with E-state index in [1.165, 1.54) is 38.4 Å². The number of rotatable bonds is 4. The number of nitrogens with one attached hydrogen (secondary N) is 1. The van der Waals surface area contributed by atoms with Crippen LogP contribution < -0.4 is 5.32 Å². The van der Waals surface area contributed by atoms with Gasteiger partial charge in [0.1, 0.15) is 0 Å². The molecule has 1 spiro atoms. The smallest absolute Gasteiger partial charge is 0.194 e. The highest BCUT2D eigenvalue weighted by molar-refractivity contribution is 7.90. The fraction of sp³-hybridized carbons (Fsp3) is 0.632. The zero-order valence-corrected chi connectivity index (χ0v) is 16.1. The summed E-state index contributed by atoms with van der Waals surface area (Å²) in [5.41, 5.74) is 1.55. The zero-order chi connectivity index (χ0) is 17.9. The summed E-state index contributed by atoms with van der Waals surface area (Å²) < 4.78 is 23.1. The molecule has 1 aliphatic heterocycles. The standard InChI is InChI=1S/C19H29N3O2S/c1-3-20-18(22-13-12-19(15-22)10-4-5-11-19)21-14-16-6-8-17(9-7-16)25(2,23)24/h6-9H,3-5,10-15H2,1-2H3,(H,20,21). The monoisotopic (exact) mass is 363 g/mol. The summed E-state index contributed by atoms with van der Waals surface area (Å²) in [5, 5.41) is 3.42. The van der Waals surface area contributed by atoms with E-state index in [1.54, 1.807) is 12.1 Å². The van der Waals surface area contributed by atoms with E-state index in [0.717, 1.165) is 31.2 Å². The number of aliphatic imine (C=N–C) groups is 1. The topological polar surface area (TPSA) is 61.8 Å². The highest BCUT2D eigenvalue weighted by atomic mass is 32.2. The van der Waals surface area contributed by atoms with Crippen LogP contribution in [0, 0.1) is 5.41 Å². The van der Waals surface area contributed by atoms with E-state index in [1.807, 2.05) is 12.1 Å². The highest BCUT2D eigenvalue weighted by Gasteiger charge is 2.41. The molecule has 2 fully saturated rings. The van der Waals surface area contributed by atoms with Crippen molar-refractivity contribution in [2.24, 2.45) is 10.4 Å². The van der Waals surface area contributed by atoms with Crippen molar-refractivity contribution in [3.05, 3.63) is 29.8 Å². The molecule has 0 unspecified atom stereocenters. The lowest BCUT2D eigenvalue weighted by atomic mass is 9.86. The molecule has 1 saturated carbocycles. The number of likely N-dealkylation sites (tertiary alicyclic amines) is 1. The maximum absolute atomic E-state index is 11.5. The Bertz CT molecular complexity index is 720. The molecule has 3 rings (SSSR count). The minimum Gasteiger partial charge on any atom is -0.357 e. The predicted molar refractivity (Wildman–Crippen MR) is 101 cm³/mol. The largest absolute Gasteiger partial charge is 0.357 e. The van der Waals surface area contributed by atoms with E-state index in [2.05, 4.69) is 17.1 Å². The molecule has 138 valence electrons. The van der Waals surface area contributed by atoms with Gasteiger partial charge in [0.25, 0.3) is 0 Å². The van der Waals surface area contributed by atoms with Crippen LogP contribution >= 0.6 is 0 Å². The van der Waals surface area contributed by atoms with E-state index >= 15 is 0 Å². The van der Waals surface area contributed by atoms with Crippen LogP contribution in [-0.4, -0.2) is 45.2 Å². The summed E-state index contributed by atoms with van der Waals surface area (Å²) in [6.45, 7) is 5.72. The summed E-state index contributed by atoms with van der Waals surface area (Å²) >= 11 is 0. The molecule has 0 amide bonds. The lowest BCUT2D eigenvalue weighted by Crippen LogP contribution is -2.41. The van der Waals surface area contributed by atoms with Gasteiger partial charge >= 0.3 is 0 Å². The third-order valence-corrected chi connectivity index (χ3v) is 6.63. The Morgan fingerprint density at radius 2 is 1.88 bits per heavy atom. The van der Waals surface area contributed by atoms with Gasteiger partial charge in [-0.1, -0.05) is 25.0 Å². The Morgan fingerprint density at radius 3 is 2.48 bits per heavy atom. The molecule has 0 bridgehead atoms. The van der Waals surface area contributed by atoms with Crippen molar-refractivity contribution in [1.29, 1.82) is 0 Å². The van der Waals surface area contributed by atoms with E-state index in [9.17, 15) is 8.42 Å². The van der Waals surface area contributed by atoms with Gasteiger partial charge in [0.2, 0.25) is 0 Å². The van der Waals surface area contributed by atoms with Crippen molar-refractivity contribution in [2.75, 3.05) is 25.9 Å². The van der Waals surface area contributed by atoms with E-state index in [-0.39, 0.29) is 0 Å². The van der Waals surface area contributed by atoms with Crippen molar-refractivity contribution in [2.45, 2.75) is 50.5 Å². The van der Waals surface area contributed by atoms with E-state index in [4.69, 9.17) is 4.99 Å². The number of sulfone groups is 1. The molecule has 1 heterocycles. The molecule has 6 heteroatoms. The van der Waals surface area contributed by atoms with Crippen LogP contribution in [0.15, 0.2) is 34.2 Å². The lowest BCUT2D eigenvalue weighted by Gasteiger charge is -2.26. The van der Waals surface area contributed by atoms with Crippen molar-refractivity contribution in [1.82, 2.24) is 10.2 Å². The normalized spacial score (nSPS) is 20.4. The number of hydrogen-bond acceptors (Lipinski definition) is 3. The van der Waals surface area contributed by atoms with Gasteiger partial charge in [-0.05, 0) is 49.3 Å². The van der Waals surface area contributed by atoms with Crippen molar-refractivity contribution in [3.8, 4) is 0 Å². The second-order valence-electron chi connectivity index (χ2n) is 7.46. The van der Waals surface area contributed by atoms with Gasteiger partial charge in [-0.15, -0.1) is 0 Å². The Balaban J connectivity index is 1.68. The Kier molecular flexibility index (Phi) is 5.37. The van der Waals surface area contributed by atoms with Crippen LogP contribution in [0.5, 0.6) is 0 Å². The number of guanidine groups is 1. The molecule has 1 aliphatic carbocycles. The molecule has 1 aromatic carbocycles. The average molecular weight is 364 g/mol. The highest BCUT2D eigenvalue weighted by Crippen LogP contribution is 2.45. The molecule has 0 atom stereocenters. The van der Waals surface area contributed by atoms with Gasteiger partial charge in [0, 0.05) is 25.9 Å². The van der Waals surface area contributed by atoms with Crippen molar-refractivity contribution < 1.29 is 8.42 Å². The molecule has 1 N–H and O–H groups in total. The third kappa shape index (κ3) is 4.35. The average Bonchev–Trinajstić information content (AvgIpc) is 3.21. The van der Waals surface area contributed by atoms with Gasteiger partial charge in [-0.3, -0.25) is 0 Å². The summed E-state index contributed by atoms with van der Waals surface area (Å²) in [6.07, 6.45) is 7.96. The van der Waals surface area contributed by atoms with Crippen molar-refractivity contribution in [3.63, 3.8) is 0 Å².